The van der Waals surface area contributed by atoms with Crippen LogP contribution >= 0.6 is 11.3 Å². The van der Waals surface area contributed by atoms with Crippen LogP contribution in [0.25, 0.3) is 0 Å². The fraction of sp³-hybridized carbons (Fsp3) is 0.444. The molecule has 5 heteroatoms. The Morgan fingerprint density at radius 2 is 2.13 bits per heavy atom. The van der Waals surface area contributed by atoms with Crippen LogP contribution in [0.3, 0.4) is 0 Å². The van der Waals surface area contributed by atoms with Gasteiger partial charge in [0.2, 0.25) is 0 Å². The van der Waals surface area contributed by atoms with Crippen molar-refractivity contribution in [2.24, 2.45) is 11.8 Å². The van der Waals surface area contributed by atoms with Crippen molar-refractivity contribution in [3.05, 3.63) is 41.4 Å². The highest BCUT2D eigenvalue weighted by molar-refractivity contribution is 7.13. The van der Waals surface area contributed by atoms with Gasteiger partial charge in [-0.25, -0.2) is 4.98 Å². The van der Waals surface area contributed by atoms with Gasteiger partial charge in [0.1, 0.15) is 0 Å². The summed E-state index contributed by atoms with van der Waals surface area (Å²) in [5.74, 6) is 0.375. The van der Waals surface area contributed by atoms with Gasteiger partial charge in [0.25, 0.3) is 0 Å². The fourth-order valence-corrected chi connectivity index (χ4v) is 3.88. The zero-order chi connectivity index (χ0) is 16.4. The summed E-state index contributed by atoms with van der Waals surface area (Å²) in [5.41, 5.74) is 1.23. The van der Waals surface area contributed by atoms with Crippen molar-refractivity contribution in [2.45, 2.75) is 39.2 Å². The van der Waals surface area contributed by atoms with E-state index in [2.05, 4.69) is 24.1 Å². The minimum Gasteiger partial charge on any atom is -0.453 e. The molecule has 1 N–H and O–H groups in total. The van der Waals surface area contributed by atoms with Gasteiger partial charge in [-0.2, -0.15) is 0 Å². The Labute approximate surface area is 140 Å². The van der Waals surface area contributed by atoms with E-state index >= 15 is 0 Å². The summed E-state index contributed by atoms with van der Waals surface area (Å²) < 4.78 is 5.69. The Morgan fingerprint density at radius 1 is 1.39 bits per heavy atom. The molecule has 2 heterocycles. The second kappa shape index (κ2) is 6.32. The van der Waals surface area contributed by atoms with Gasteiger partial charge in [-0.05, 0) is 31.4 Å². The number of para-hydroxylation sites is 1. The number of cyclic esters (lactones) is 1. The molecule has 1 saturated heterocycles. The van der Waals surface area contributed by atoms with Crippen LogP contribution in [0, 0.1) is 11.8 Å². The predicted octanol–water partition coefficient (Wildman–Crippen LogP) is 4.71. The van der Waals surface area contributed by atoms with Crippen molar-refractivity contribution in [1.82, 2.24) is 4.98 Å². The average molecular weight is 330 g/mol. The van der Waals surface area contributed by atoms with E-state index in [0.717, 1.165) is 22.9 Å². The van der Waals surface area contributed by atoms with E-state index in [1.165, 1.54) is 11.3 Å². The summed E-state index contributed by atoms with van der Waals surface area (Å²) in [4.78, 5) is 16.8. The van der Waals surface area contributed by atoms with Crippen LogP contribution in [-0.2, 0) is 15.1 Å². The Kier molecular flexibility index (Phi) is 4.39. The molecule has 0 bridgehead atoms. The van der Waals surface area contributed by atoms with Crippen LogP contribution in [0.2, 0.25) is 0 Å². The van der Waals surface area contributed by atoms with Crippen molar-refractivity contribution in [2.75, 3.05) is 5.32 Å². The number of ether oxygens (including phenoxy) is 1. The quantitative estimate of drug-likeness (QED) is 0.807. The highest BCUT2D eigenvalue weighted by Gasteiger charge is 2.46. The molecule has 2 unspecified atom stereocenters. The normalized spacial score (nSPS) is 24.0. The molecule has 0 aliphatic carbocycles. The number of carbonyl (C=O) groups excluding carboxylic acids is 1. The van der Waals surface area contributed by atoms with E-state index in [1.807, 2.05) is 42.6 Å². The van der Waals surface area contributed by atoms with Crippen LogP contribution in [0.1, 0.15) is 39.3 Å². The SMILES string of the molecule is CC(C)CC1CC(C)(c2csc(Nc3ccccc3)n2)OC1=O. The number of anilines is 2. The van der Waals surface area contributed by atoms with E-state index in [9.17, 15) is 4.79 Å². The van der Waals surface area contributed by atoms with Gasteiger partial charge >= 0.3 is 5.97 Å². The smallest absolute Gasteiger partial charge is 0.310 e. The summed E-state index contributed by atoms with van der Waals surface area (Å²) in [5, 5.41) is 6.08. The van der Waals surface area contributed by atoms with E-state index in [-0.39, 0.29) is 11.9 Å². The van der Waals surface area contributed by atoms with Crippen molar-refractivity contribution in [1.29, 1.82) is 0 Å². The number of carbonyl (C=O) groups is 1. The highest BCUT2D eigenvalue weighted by atomic mass is 32.1. The van der Waals surface area contributed by atoms with Gasteiger partial charge in [0, 0.05) is 17.5 Å². The molecule has 0 amide bonds. The van der Waals surface area contributed by atoms with E-state index in [0.29, 0.717) is 12.3 Å². The first kappa shape index (κ1) is 16.0. The third-order valence-corrected chi connectivity index (χ3v) is 4.88. The van der Waals surface area contributed by atoms with Crippen molar-refractivity contribution >= 4 is 28.1 Å². The third kappa shape index (κ3) is 3.55. The van der Waals surface area contributed by atoms with E-state index < -0.39 is 5.60 Å². The molecule has 4 nitrogen and oxygen atoms in total. The molecule has 1 aliphatic rings. The minimum atomic E-state index is -0.607. The van der Waals surface area contributed by atoms with Gasteiger partial charge in [0.15, 0.2) is 10.7 Å². The number of esters is 1. The molecule has 0 spiro atoms. The molecule has 0 saturated carbocycles. The molecule has 23 heavy (non-hydrogen) atoms. The second-order valence-corrected chi connectivity index (χ2v) is 7.57. The van der Waals surface area contributed by atoms with Crippen molar-refractivity contribution < 1.29 is 9.53 Å². The van der Waals surface area contributed by atoms with Crippen molar-refractivity contribution in [3.8, 4) is 0 Å². The van der Waals surface area contributed by atoms with Gasteiger partial charge in [-0.3, -0.25) is 4.79 Å². The maximum Gasteiger partial charge on any atom is 0.310 e. The topological polar surface area (TPSA) is 51.2 Å². The first-order chi connectivity index (χ1) is 11.0. The number of nitrogens with zero attached hydrogens (tertiary/aromatic N) is 1. The van der Waals surface area contributed by atoms with Crippen LogP contribution in [0.4, 0.5) is 10.8 Å². The number of aromatic nitrogens is 1. The van der Waals surface area contributed by atoms with E-state index in [1.54, 1.807) is 0 Å². The molecular weight excluding hydrogens is 308 g/mol. The Bertz CT molecular complexity index is 683. The molecular formula is C18H22N2O2S. The van der Waals surface area contributed by atoms with Gasteiger partial charge in [-0.1, -0.05) is 32.0 Å². The zero-order valence-electron chi connectivity index (χ0n) is 13.7. The van der Waals surface area contributed by atoms with E-state index in [4.69, 9.17) is 4.74 Å². The zero-order valence-corrected chi connectivity index (χ0v) is 14.5. The van der Waals surface area contributed by atoms with Crippen molar-refractivity contribution in [3.63, 3.8) is 0 Å². The predicted molar refractivity (Wildman–Crippen MR) is 92.8 cm³/mol. The second-order valence-electron chi connectivity index (χ2n) is 6.71. The summed E-state index contributed by atoms with van der Waals surface area (Å²) in [6.45, 7) is 6.23. The lowest BCUT2D eigenvalue weighted by atomic mass is 9.88. The monoisotopic (exact) mass is 330 g/mol. The van der Waals surface area contributed by atoms with Gasteiger partial charge in [0.05, 0.1) is 11.6 Å². The molecule has 1 aromatic heterocycles. The molecule has 0 radical (unpaired) electrons. The minimum absolute atomic E-state index is 0.0211. The van der Waals surface area contributed by atoms with Crippen LogP contribution in [0.5, 0.6) is 0 Å². The maximum atomic E-state index is 12.1. The lowest BCUT2D eigenvalue weighted by molar-refractivity contribution is -0.150. The first-order valence-corrected chi connectivity index (χ1v) is 8.85. The molecule has 2 atom stereocenters. The number of hydrogen-bond donors (Lipinski definition) is 1. The number of thiazole rings is 1. The molecule has 1 fully saturated rings. The number of rotatable bonds is 5. The Morgan fingerprint density at radius 3 is 2.83 bits per heavy atom. The summed E-state index contributed by atoms with van der Waals surface area (Å²) >= 11 is 1.53. The molecule has 1 aliphatic heterocycles. The number of hydrogen-bond acceptors (Lipinski definition) is 5. The summed E-state index contributed by atoms with van der Waals surface area (Å²) in [6, 6.07) is 9.93. The summed E-state index contributed by atoms with van der Waals surface area (Å²) in [6.07, 6.45) is 1.58. The standard InChI is InChI=1S/C18H22N2O2S/c1-12(2)9-13-10-18(3,22-16(13)21)15-11-23-17(20-15)19-14-7-5-4-6-8-14/h4-8,11-13H,9-10H2,1-3H3,(H,19,20). The van der Waals surface area contributed by atoms with Gasteiger partial charge < -0.3 is 10.1 Å². The van der Waals surface area contributed by atoms with Crippen LogP contribution < -0.4 is 5.32 Å². The van der Waals surface area contributed by atoms with Crippen LogP contribution in [-0.4, -0.2) is 11.0 Å². The Balaban J connectivity index is 1.73. The maximum absolute atomic E-state index is 12.1. The highest BCUT2D eigenvalue weighted by Crippen LogP contribution is 2.42. The fourth-order valence-electron chi connectivity index (χ4n) is 3.03. The molecule has 122 valence electrons. The Hall–Kier alpha value is -1.88. The van der Waals surface area contributed by atoms with Crippen LogP contribution in [0.15, 0.2) is 35.7 Å². The summed E-state index contributed by atoms with van der Waals surface area (Å²) in [7, 11) is 0. The largest absolute Gasteiger partial charge is 0.453 e. The third-order valence-electron chi connectivity index (χ3n) is 4.12. The lowest BCUT2D eigenvalue weighted by Gasteiger charge is -2.20. The average Bonchev–Trinajstić information content (AvgIpc) is 3.06. The van der Waals surface area contributed by atoms with Gasteiger partial charge in [-0.15, -0.1) is 11.3 Å². The molecule has 3 rings (SSSR count). The first-order valence-electron chi connectivity index (χ1n) is 7.97. The number of benzene rings is 1. The molecule has 2 aromatic rings. The number of nitrogens with one attached hydrogen (secondary N) is 1. The molecule has 1 aromatic carbocycles. The lowest BCUT2D eigenvalue weighted by Crippen LogP contribution is -2.21.